The van der Waals surface area contributed by atoms with E-state index in [1.54, 1.807) is 36.4 Å². The van der Waals surface area contributed by atoms with Gasteiger partial charge >= 0.3 is 0 Å². The summed E-state index contributed by atoms with van der Waals surface area (Å²) in [5.41, 5.74) is 3.04. The molecule has 0 aromatic heterocycles. The molecule has 138 valence electrons. The van der Waals surface area contributed by atoms with Crippen LogP contribution in [0.25, 0.3) is 0 Å². The summed E-state index contributed by atoms with van der Waals surface area (Å²) in [7, 11) is -3.69. The minimum absolute atomic E-state index is 0.209. The van der Waals surface area contributed by atoms with Crippen molar-refractivity contribution < 1.29 is 13.3 Å². The van der Waals surface area contributed by atoms with E-state index in [4.69, 9.17) is 16.4 Å². The highest BCUT2D eigenvalue weighted by Gasteiger charge is 2.49. The Morgan fingerprint density at radius 1 is 0.889 bits per heavy atom. The van der Waals surface area contributed by atoms with Crippen LogP contribution in [0.2, 0.25) is 5.02 Å². The van der Waals surface area contributed by atoms with Crippen LogP contribution in [0.1, 0.15) is 22.9 Å². The number of hydrogen-bond acceptors (Lipinski definition) is 3. The van der Waals surface area contributed by atoms with Crippen molar-refractivity contribution in [3.8, 4) is 0 Å². The zero-order chi connectivity index (χ0) is 18.9. The van der Waals surface area contributed by atoms with Gasteiger partial charge in [0.1, 0.15) is 0 Å². The third kappa shape index (κ3) is 3.92. The SMILES string of the molecule is O=S(=O)(c1ccccc1)N1OC1c1cc(Cl)ccc1CCc1ccccc1. The molecule has 1 aliphatic heterocycles. The van der Waals surface area contributed by atoms with E-state index in [2.05, 4.69) is 12.1 Å². The van der Waals surface area contributed by atoms with Gasteiger partial charge in [0.2, 0.25) is 0 Å². The smallest absolute Gasteiger partial charge is 0.253 e. The zero-order valence-electron chi connectivity index (χ0n) is 14.5. The average molecular weight is 400 g/mol. The van der Waals surface area contributed by atoms with E-state index in [1.165, 1.54) is 5.56 Å². The molecule has 3 aromatic carbocycles. The number of sulfonamides is 1. The van der Waals surface area contributed by atoms with E-state index in [0.717, 1.165) is 28.4 Å². The molecule has 3 aromatic rings. The fourth-order valence-corrected chi connectivity index (χ4v) is 4.52. The van der Waals surface area contributed by atoms with Gasteiger partial charge in [-0.3, -0.25) is 4.84 Å². The second-order valence-corrected chi connectivity index (χ2v) is 8.58. The van der Waals surface area contributed by atoms with Gasteiger partial charge in [-0.2, -0.15) is 0 Å². The number of aryl methyl sites for hydroxylation is 2. The van der Waals surface area contributed by atoms with E-state index in [1.807, 2.05) is 30.3 Å². The Kier molecular flexibility index (Phi) is 5.02. The Morgan fingerprint density at radius 3 is 2.26 bits per heavy atom. The highest BCUT2D eigenvalue weighted by atomic mass is 35.5. The molecular formula is C21H18ClNO3S. The molecule has 0 bridgehead atoms. The summed E-state index contributed by atoms with van der Waals surface area (Å²) >= 11 is 6.16. The summed E-state index contributed by atoms with van der Waals surface area (Å²) in [4.78, 5) is 5.67. The minimum Gasteiger partial charge on any atom is -0.253 e. The molecule has 1 heterocycles. The predicted octanol–water partition coefficient (Wildman–Crippen LogP) is 4.76. The van der Waals surface area contributed by atoms with Crippen molar-refractivity contribution in [3.63, 3.8) is 0 Å². The van der Waals surface area contributed by atoms with Gasteiger partial charge in [0, 0.05) is 10.6 Å². The molecule has 4 rings (SSSR count). The number of halogens is 1. The molecule has 0 N–H and O–H groups in total. The molecule has 6 heteroatoms. The molecule has 2 atom stereocenters. The van der Waals surface area contributed by atoms with Gasteiger partial charge in [-0.1, -0.05) is 66.2 Å². The van der Waals surface area contributed by atoms with Crippen LogP contribution in [-0.2, 0) is 27.7 Å². The summed E-state index contributed by atoms with van der Waals surface area (Å²) in [5, 5.41) is 0.557. The summed E-state index contributed by atoms with van der Waals surface area (Å²) in [6, 6.07) is 24.0. The zero-order valence-corrected chi connectivity index (χ0v) is 16.0. The maximum Gasteiger partial charge on any atom is 0.267 e. The Bertz CT molecular complexity index is 1040. The van der Waals surface area contributed by atoms with Crippen molar-refractivity contribution in [2.24, 2.45) is 0 Å². The molecule has 0 amide bonds. The van der Waals surface area contributed by atoms with Crippen LogP contribution in [0.15, 0.2) is 83.8 Å². The minimum atomic E-state index is -3.69. The normalized spacial score (nSPS) is 19.0. The Balaban J connectivity index is 1.57. The molecule has 0 saturated carbocycles. The van der Waals surface area contributed by atoms with Crippen LogP contribution in [0.4, 0.5) is 0 Å². The van der Waals surface area contributed by atoms with Crippen molar-refractivity contribution >= 4 is 21.6 Å². The molecule has 1 saturated heterocycles. The quantitative estimate of drug-likeness (QED) is 0.561. The van der Waals surface area contributed by atoms with Gasteiger partial charge < -0.3 is 0 Å². The Labute approximate surface area is 164 Å². The third-order valence-corrected chi connectivity index (χ3v) is 6.38. The molecule has 1 fully saturated rings. The maximum absolute atomic E-state index is 12.7. The lowest BCUT2D eigenvalue weighted by Gasteiger charge is -2.09. The van der Waals surface area contributed by atoms with Gasteiger partial charge in [0.05, 0.1) is 4.90 Å². The first-order chi connectivity index (χ1) is 13.1. The summed E-state index contributed by atoms with van der Waals surface area (Å²) in [6.07, 6.45) is 0.989. The van der Waals surface area contributed by atoms with Gasteiger partial charge in [0.15, 0.2) is 6.23 Å². The number of nitrogens with zero attached hydrogens (tertiary/aromatic N) is 1. The first-order valence-electron chi connectivity index (χ1n) is 8.64. The van der Waals surface area contributed by atoms with Gasteiger partial charge in [-0.25, -0.2) is 8.42 Å². The lowest BCUT2D eigenvalue weighted by molar-refractivity contribution is 0.283. The highest BCUT2D eigenvalue weighted by molar-refractivity contribution is 7.89. The second kappa shape index (κ2) is 7.44. The van der Waals surface area contributed by atoms with Crippen LogP contribution < -0.4 is 0 Å². The fraction of sp³-hybridized carbons (Fsp3) is 0.143. The van der Waals surface area contributed by atoms with E-state index >= 15 is 0 Å². The number of hydrogen-bond donors (Lipinski definition) is 0. The average Bonchev–Trinajstić information content (AvgIpc) is 3.50. The van der Waals surface area contributed by atoms with Crippen molar-refractivity contribution in [1.82, 2.24) is 4.47 Å². The number of benzene rings is 3. The topological polar surface area (TPSA) is 49.7 Å². The second-order valence-electron chi connectivity index (χ2n) is 6.36. The van der Waals surface area contributed by atoms with Gasteiger partial charge in [-0.05, 0) is 52.7 Å². The van der Waals surface area contributed by atoms with E-state index in [0.29, 0.717) is 5.02 Å². The monoisotopic (exact) mass is 399 g/mol. The summed E-state index contributed by atoms with van der Waals surface area (Å²) < 4.78 is 26.5. The predicted molar refractivity (Wildman–Crippen MR) is 105 cm³/mol. The Hall–Kier alpha value is -2.18. The van der Waals surface area contributed by atoms with Crippen LogP contribution >= 0.6 is 11.6 Å². The number of rotatable bonds is 6. The Morgan fingerprint density at radius 2 is 1.56 bits per heavy atom. The largest absolute Gasteiger partial charge is 0.267 e. The molecule has 0 radical (unpaired) electrons. The van der Waals surface area contributed by atoms with Crippen LogP contribution in [-0.4, -0.2) is 12.9 Å². The third-order valence-electron chi connectivity index (χ3n) is 4.53. The van der Waals surface area contributed by atoms with E-state index in [-0.39, 0.29) is 4.90 Å². The summed E-state index contributed by atoms with van der Waals surface area (Å²) in [6.45, 7) is 0. The van der Waals surface area contributed by atoms with Crippen LogP contribution in [0, 0.1) is 0 Å². The summed E-state index contributed by atoms with van der Waals surface area (Å²) in [5.74, 6) is 0. The highest BCUT2D eigenvalue weighted by Crippen LogP contribution is 2.44. The van der Waals surface area contributed by atoms with E-state index in [9.17, 15) is 8.42 Å². The first kappa shape index (κ1) is 18.2. The molecule has 0 aliphatic carbocycles. The van der Waals surface area contributed by atoms with Crippen molar-refractivity contribution in [2.45, 2.75) is 24.0 Å². The maximum atomic E-state index is 12.7. The number of hydroxylamine groups is 1. The van der Waals surface area contributed by atoms with Crippen molar-refractivity contribution in [3.05, 3.63) is 101 Å². The molecule has 0 spiro atoms. The lowest BCUT2D eigenvalue weighted by atomic mass is 9.99. The van der Waals surface area contributed by atoms with Gasteiger partial charge in [0.25, 0.3) is 10.0 Å². The van der Waals surface area contributed by atoms with Crippen molar-refractivity contribution in [2.75, 3.05) is 0 Å². The molecular weight excluding hydrogens is 382 g/mol. The fourth-order valence-electron chi connectivity index (χ4n) is 3.07. The van der Waals surface area contributed by atoms with Crippen LogP contribution in [0.3, 0.4) is 0 Å². The molecule has 2 unspecified atom stereocenters. The standard InChI is InChI=1S/C21H18ClNO3S/c22-18-14-13-17(12-11-16-7-3-1-4-8-16)20(15-18)21-23(26-21)27(24,25)19-9-5-2-6-10-19/h1-10,13-15,21H,11-12H2. The van der Waals surface area contributed by atoms with Gasteiger partial charge in [-0.15, -0.1) is 0 Å². The molecule has 4 nitrogen and oxygen atoms in total. The molecule has 27 heavy (non-hydrogen) atoms. The first-order valence-corrected chi connectivity index (χ1v) is 10.5. The molecule has 1 aliphatic rings. The lowest BCUT2D eigenvalue weighted by Crippen LogP contribution is -2.13. The van der Waals surface area contributed by atoms with E-state index < -0.39 is 16.3 Å². The van der Waals surface area contributed by atoms with Crippen LogP contribution in [0.5, 0.6) is 0 Å². The van der Waals surface area contributed by atoms with Crippen molar-refractivity contribution in [1.29, 1.82) is 0 Å².